The topological polar surface area (TPSA) is 229 Å². The maximum Gasteiger partial charge on any atom is 0.413 e. The van der Waals surface area contributed by atoms with E-state index in [0.29, 0.717) is 5.56 Å². The standard InChI is InChI=1S/C37H39N5O12S2/c1-20(43)52-17-23-29(31(46)47)42-27(45)16-28(42)56-30(23)40-26(44)15-22-18-55-33(38-22)41-34(49)53-19-37(32(48)51-5,21-11-7-6-8-12-21)24-13-9-10-14-25(24)39-35(50)54-36(2,3)4/h6-14,18,28,30H,15-17,19H2,1-5H3,(H,39,50)(H,40,44)(H,46,47)(H,38,41,49)/t28-,30?,37?/m0/s1. The summed E-state index contributed by atoms with van der Waals surface area (Å²) in [6, 6.07) is 14.9. The number of rotatable bonds is 13. The van der Waals surface area contributed by atoms with Crippen molar-refractivity contribution in [2.75, 3.05) is 31.0 Å². The molecule has 19 heteroatoms. The van der Waals surface area contributed by atoms with Gasteiger partial charge in [-0.3, -0.25) is 34.7 Å². The fourth-order valence-corrected chi connectivity index (χ4v) is 8.09. The molecule has 3 aromatic rings. The van der Waals surface area contributed by atoms with Gasteiger partial charge < -0.3 is 29.4 Å². The number of aliphatic carboxylic acids is 1. The van der Waals surface area contributed by atoms with E-state index in [-0.39, 0.29) is 46.2 Å². The molecule has 0 bridgehead atoms. The van der Waals surface area contributed by atoms with E-state index >= 15 is 0 Å². The van der Waals surface area contributed by atoms with Crippen LogP contribution in [0, 0.1) is 0 Å². The quantitative estimate of drug-likeness (QED) is 0.107. The van der Waals surface area contributed by atoms with Crippen LogP contribution >= 0.6 is 23.1 Å². The highest BCUT2D eigenvalue weighted by Gasteiger charge is 2.49. The molecule has 3 atom stereocenters. The summed E-state index contributed by atoms with van der Waals surface area (Å²) in [6.45, 7) is 5.24. The van der Waals surface area contributed by atoms with Gasteiger partial charge in [-0.05, 0) is 32.4 Å². The van der Waals surface area contributed by atoms with E-state index in [4.69, 9.17) is 18.9 Å². The lowest BCUT2D eigenvalue weighted by atomic mass is 9.74. The number of hydrogen-bond acceptors (Lipinski definition) is 14. The zero-order chi connectivity index (χ0) is 40.8. The van der Waals surface area contributed by atoms with Gasteiger partial charge in [0.15, 0.2) is 10.5 Å². The molecule has 5 rings (SSSR count). The molecule has 0 radical (unpaired) electrons. The first kappa shape index (κ1) is 41.2. The number of methoxy groups -OCH3 is 1. The van der Waals surface area contributed by atoms with Crippen molar-refractivity contribution >= 4 is 75.8 Å². The molecule has 56 heavy (non-hydrogen) atoms. The Bertz CT molecular complexity index is 2060. The monoisotopic (exact) mass is 809 g/mol. The SMILES string of the molecule is COC(=O)C(COC(=O)Nc1nc(CC(=O)NC2S[C@H]3CC(=O)N3C(C(=O)O)=C2COC(C)=O)cs1)(c1ccccc1)c1ccccc1NC(=O)OC(C)(C)C. The Kier molecular flexibility index (Phi) is 12.7. The minimum atomic E-state index is -1.77. The maximum absolute atomic E-state index is 13.8. The molecule has 2 aromatic carbocycles. The van der Waals surface area contributed by atoms with Crippen molar-refractivity contribution in [1.82, 2.24) is 15.2 Å². The molecule has 1 saturated heterocycles. The Balaban J connectivity index is 1.31. The first-order valence-electron chi connectivity index (χ1n) is 17.0. The number of nitrogens with one attached hydrogen (secondary N) is 3. The number of anilines is 2. The van der Waals surface area contributed by atoms with Crippen molar-refractivity contribution < 1.29 is 57.6 Å². The van der Waals surface area contributed by atoms with Crippen LogP contribution in [0.25, 0.3) is 0 Å². The molecule has 2 unspecified atom stereocenters. The second-order valence-electron chi connectivity index (χ2n) is 13.4. The predicted octanol–water partition coefficient (Wildman–Crippen LogP) is 4.39. The molecule has 0 aliphatic carbocycles. The number of carbonyl (C=O) groups excluding carboxylic acids is 6. The van der Waals surface area contributed by atoms with Crippen LogP contribution in [0.15, 0.2) is 71.2 Å². The number of benzene rings is 2. The van der Waals surface area contributed by atoms with Gasteiger partial charge in [0.05, 0.1) is 31.0 Å². The lowest BCUT2D eigenvalue weighted by Gasteiger charge is -2.46. The van der Waals surface area contributed by atoms with E-state index in [2.05, 4.69) is 20.9 Å². The van der Waals surface area contributed by atoms with Gasteiger partial charge in [0.2, 0.25) is 11.8 Å². The number of aromatic nitrogens is 1. The number of carboxylic acids is 1. The van der Waals surface area contributed by atoms with E-state index < -0.39 is 76.9 Å². The molecule has 1 fully saturated rings. The van der Waals surface area contributed by atoms with Crippen LogP contribution in [0.1, 0.15) is 50.9 Å². The summed E-state index contributed by atoms with van der Waals surface area (Å²) in [5, 5.41) is 18.0. The molecular formula is C37H39N5O12S2. The number of hydrogen-bond donors (Lipinski definition) is 4. The van der Waals surface area contributed by atoms with E-state index in [1.807, 2.05) is 0 Å². The first-order chi connectivity index (χ1) is 26.5. The number of amides is 4. The average Bonchev–Trinajstić information content (AvgIpc) is 3.56. The maximum atomic E-state index is 13.8. The third-order valence-corrected chi connectivity index (χ3v) is 10.5. The van der Waals surface area contributed by atoms with Crippen LogP contribution in [0.5, 0.6) is 0 Å². The van der Waals surface area contributed by atoms with Gasteiger partial charge in [0, 0.05) is 29.1 Å². The second kappa shape index (κ2) is 17.2. The van der Waals surface area contributed by atoms with Gasteiger partial charge in [0.1, 0.15) is 29.9 Å². The molecule has 4 amide bonds. The van der Waals surface area contributed by atoms with Crippen LogP contribution in [0.3, 0.4) is 0 Å². The number of carbonyl (C=O) groups is 7. The summed E-state index contributed by atoms with van der Waals surface area (Å²) >= 11 is 2.13. The van der Waals surface area contributed by atoms with Crippen molar-refractivity contribution in [2.24, 2.45) is 0 Å². The summed E-state index contributed by atoms with van der Waals surface area (Å²) in [6.07, 6.45) is -1.96. The number of para-hydroxylation sites is 1. The number of thioether (sulfide) groups is 1. The van der Waals surface area contributed by atoms with Crippen LogP contribution in [0.4, 0.5) is 20.4 Å². The Morgan fingerprint density at radius 3 is 2.30 bits per heavy atom. The van der Waals surface area contributed by atoms with Crippen LogP contribution in [-0.2, 0) is 54.8 Å². The Morgan fingerprint density at radius 2 is 1.66 bits per heavy atom. The summed E-state index contributed by atoms with van der Waals surface area (Å²) in [5.74, 6) is -3.82. The number of esters is 2. The minimum absolute atomic E-state index is 0.0421. The van der Waals surface area contributed by atoms with Gasteiger partial charge in [-0.2, -0.15) is 0 Å². The van der Waals surface area contributed by atoms with Crippen molar-refractivity contribution in [3.05, 3.63) is 88.1 Å². The van der Waals surface area contributed by atoms with Gasteiger partial charge >= 0.3 is 30.1 Å². The van der Waals surface area contributed by atoms with E-state index in [1.54, 1.807) is 75.4 Å². The molecule has 0 saturated carbocycles. The van der Waals surface area contributed by atoms with Crippen molar-refractivity contribution in [1.29, 1.82) is 0 Å². The lowest BCUT2D eigenvalue weighted by Crippen LogP contribution is -2.57. The molecule has 4 N–H and O–H groups in total. The molecular weight excluding hydrogens is 771 g/mol. The number of β-lactam (4-membered cyclic amide) rings is 1. The van der Waals surface area contributed by atoms with E-state index in [0.717, 1.165) is 34.9 Å². The normalized spacial score (nSPS) is 17.3. The van der Waals surface area contributed by atoms with Crippen LogP contribution in [0.2, 0.25) is 0 Å². The lowest BCUT2D eigenvalue weighted by molar-refractivity contribution is -0.147. The predicted molar refractivity (Wildman–Crippen MR) is 202 cm³/mol. The smallest absolute Gasteiger partial charge is 0.413 e. The van der Waals surface area contributed by atoms with Crippen molar-refractivity contribution in [2.45, 2.75) is 62.3 Å². The van der Waals surface area contributed by atoms with Crippen molar-refractivity contribution in [3.63, 3.8) is 0 Å². The molecule has 3 heterocycles. The van der Waals surface area contributed by atoms with Gasteiger partial charge in [-0.1, -0.05) is 48.5 Å². The molecule has 2 aliphatic rings. The molecule has 2 aliphatic heterocycles. The zero-order valence-corrected chi connectivity index (χ0v) is 32.5. The number of ether oxygens (including phenoxy) is 4. The highest BCUT2D eigenvalue weighted by Crippen LogP contribution is 2.43. The number of nitrogens with zero attached hydrogens (tertiary/aromatic N) is 2. The Labute approximate surface area is 329 Å². The van der Waals surface area contributed by atoms with Crippen molar-refractivity contribution in [3.8, 4) is 0 Å². The zero-order valence-electron chi connectivity index (χ0n) is 30.9. The van der Waals surface area contributed by atoms with Crippen LogP contribution in [-0.4, -0.2) is 93.6 Å². The first-order valence-corrected chi connectivity index (χ1v) is 18.8. The van der Waals surface area contributed by atoms with E-state index in [1.165, 1.54) is 12.5 Å². The summed E-state index contributed by atoms with van der Waals surface area (Å²) in [5.41, 5.74) is -1.77. The molecule has 1 aromatic heterocycles. The largest absolute Gasteiger partial charge is 0.477 e. The molecule has 296 valence electrons. The average molecular weight is 810 g/mol. The third-order valence-electron chi connectivity index (χ3n) is 8.33. The van der Waals surface area contributed by atoms with Gasteiger partial charge in [0.25, 0.3) is 0 Å². The fraction of sp³-hybridized carbons (Fsp3) is 0.351. The number of fused-ring (bicyclic) bond motifs is 1. The summed E-state index contributed by atoms with van der Waals surface area (Å²) < 4.78 is 21.4. The number of carboxylic acid groups (broad SMARTS) is 1. The molecule has 0 spiro atoms. The highest BCUT2D eigenvalue weighted by atomic mass is 32.2. The minimum Gasteiger partial charge on any atom is -0.477 e. The summed E-state index contributed by atoms with van der Waals surface area (Å²) in [7, 11) is 1.19. The van der Waals surface area contributed by atoms with E-state index in [9.17, 15) is 38.7 Å². The van der Waals surface area contributed by atoms with Gasteiger partial charge in [-0.25, -0.2) is 19.4 Å². The second-order valence-corrected chi connectivity index (χ2v) is 15.6. The fourth-order valence-electron chi connectivity index (χ4n) is 5.95. The third kappa shape index (κ3) is 9.46. The molecule has 17 nitrogen and oxygen atoms in total. The Hall–Kier alpha value is -5.95. The Morgan fingerprint density at radius 1 is 0.964 bits per heavy atom. The highest BCUT2D eigenvalue weighted by molar-refractivity contribution is 8.00. The van der Waals surface area contributed by atoms with Crippen LogP contribution < -0.4 is 16.0 Å². The summed E-state index contributed by atoms with van der Waals surface area (Å²) in [4.78, 5) is 94.4. The number of thiazole rings is 1. The van der Waals surface area contributed by atoms with Gasteiger partial charge in [-0.15, -0.1) is 23.1 Å².